The number of nitrogens with one attached hydrogen (secondary N) is 1. The van der Waals surface area contributed by atoms with Crippen LogP contribution in [0.2, 0.25) is 0 Å². The molecule has 5 nitrogen and oxygen atoms in total. The van der Waals surface area contributed by atoms with Gasteiger partial charge >= 0.3 is 0 Å². The summed E-state index contributed by atoms with van der Waals surface area (Å²) in [5, 5.41) is 8.40. The summed E-state index contributed by atoms with van der Waals surface area (Å²) >= 11 is 1.18. The standard InChI is InChI=1S/C21H23N3O2S/c1-4-23(5-2)16-8-6-15(7-9-16)14-19-20(25)24(21(22)27-19)17-10-12-18(26-3)13-11-17/h6-14,22H,4-5H2,1-3H3/b19-14-,22-21?. The molecular weight excluding hydrogens is 358 g/mol. The number of anilines is 2. The summed E-state index contributed by atoms with van der Waals surface area (Å²) in [4.78, 5) is 17.0. The van der Waals surface area contributed by atoms with E-state index in [0.29, 0.717) is 16.3 Å². The van der Waals surface area contributed by atoms with E-state index in [2.05, 4.69) is 30.9 Å². The van der Waals surface area contributed by atoms with Crippen LogP contribution >= 0.6 is 11.8 Å². The van der Waals surface area contributed by atoms with Crippen LogP contribution in [0.25, 0.3) is 6.08 Å². The smallest absolute Gasteiger partial charge is 0.271 e. The molecule has 0 aliphatic carbocycles. The van der Waals surface area contributed by atoms with Crippen molar-refractivity contribution in [2.24, 2.45) is 0 Å². The van der Waals surface area contributed by atoms with Gasteiger partial charge in [0, 0.05) is 18.8 Å². The Labute approximate surface area is 164 Å². The van der Waals surface area contributed by atoms with E-state index in [4.69, 9.17) is 10.1 Å². The lowest BCUT2D eigenvalue weighted by Gasteiger charge is -2.20. The number of hydrogen-bond donors (Lipinski definition) is 1. The lowest BCUT2D eigenvalue weighted by Crippen LogP contribution is -2.27. The molecule has 0 radical (unpaired) electrons. The number of hydrogen-bond acceptors (Lipinski definition) is 5. The number of rotatable bonds is 6. The maximum atomic E-state index is 12.8. The van der Waals surface area contributed by atoms with Gasteiger partial charge in [0.05, 0.1) is 17.7 Å². The van der Waals surface area contributed by atoms with E-state index in [-0.39, 0.29) is 11.1 Å². The van der Waals surface area contributed by atoms with Crippen LogP contribution in [-0.2, 0) is 4.79 Å². The van der Waals surface area contributed by atoms with Gasteiger partial charge < -0.3 is 9.64 Å². The van der Waals surface area contributed by atoms with Crippen LogP contribution < -0.4 is 14.5 Å². The molecule has 1 aliphatic heterocycles. The van der Waals surface area contributed by atoms with Crippen molar-refractivity contribution in [1.82, 2.24) is 0 Å². The van der Waals surface area contributed by atoms with E-state index in [1.165, 1.54) is 22.3 Å². The predicted octanol–water partition coefficient (Wildman–Crippen LogP) is 4.60. The zero-order valence-electron chi connectivity index (χ0n) is 15.7. The van der Waals surface area contributed by atoms with Crippen molar-refractivity contribution >= 4 is 40.3 Å². The van der Waals surface area contributed by atoms with E-state index < -0.39 is 0 Å². The zero-order valence-corrected chi connectivity index (χ0v) is 16.5. The monoisotopic (exact) mass is 381 g/mol. The van der Waals surface area contributed by atoms with Crippen LogP contribution in [0.1, 0.15) is 19.4 Å². The van der Waals surface area contributed by atoms with Gasteiger partial charge in [0.1, 0.15) is 5.75 Å². The number of amidine groups is 1. The molecule has 140 valence electrons. The second-order valence-electron chi connectivity index (χ2n) is 6.02. The van der Waals surface area contributed by atoms with E-state index in [0.717, 1.165) is 18.7 Å². The molecule has 0 spiro atoms. The van der Waals surface area contributed by atoms with Gasteiger partial charge in [-0.2, -0.15) is 0 Å². The van der Waals surface area contributed by atoms with Gasteiger partial charge in [0.25, 0.3) is 5.91 Å². The van der Waals surface area contributed by atoms with Crippen molar-refractivity contribution in [3.63, 3.8) is 0 Å². The summed E-state index contributed by atoms with van der Waals surface area (Å²) in [7, 11) is 1.60. The highest BCUT2D eigenvalue weighted by Gasteiger charge is 2.33. The molecule has 0 aromatic heterocycles. The number of carbonyl (C=O) groups is 1. The maximum absolute atomic E-state index is 12.8. The fraction of sp³-hybridized carbons (Fsp3) is 0.238. The summed E-state index contributed by atoms with van der Waals surface area (Å²) in [6.45, 7) is 6.18. The van der Waals surface area contributed by atoms with Crippen molar-refractivity contribution in [2.75, 3.05) is 30.0 Å². The molecule has 1 fully saturated rings. The Kier molecular flexibility index (Phi) is 5.86. The normalized spacial score (nSPS) is 15.5. The van der Waals surface area contributed by atoms with Crippen LogP contribution in [0.15, 0.2) is 53.4 Å². The van der Waals surface area contributed by atoms with Crippen molar-refractivity contribution in [1.29, 1.82) is 5.41 Å². The molecule has 0 atom stereocenters. The summed E-state index contributed by atoms with van der Waals surface area (Å²) < 4.78 is 5.15. The highest BCUT2D eigenvalue weighted by molar-refractivity contribution is 8.19. The summed E-state index contributed by atoms with van der Waals surface area (Å²) in [5.74, 6) is 0.539. The minimum absolute atomic E-state index is 0.178. The first-order chi connectivity index (χ1) is 13.1. The quantitative estimate of drug-likeness (QED) is 0.743. The maximum Gasteiger partial charge on any atom is 0.271 e. The number of methoxy groups -OCH3 is 1. The third-order valence-electron chi connectivity index (χ3n) is 4.47. The first-order valence-electron chi connectivity index (χ1n) is 8.89. The lowest BCUT2D eigenvalue weighted by atomic mass is 10.1. The molecule has 6 heteroatoms. The van der Waals surface area contributed by atoms with Crippen molar-refractivity contribution < 1.29 is 9.53 Å². The molecule has 27 heavy (non-hydrogen) atoms. The van der Waals surface area contributed by atoms with E-state index in [1.807, 2.05) is 18.2 Å². The fourth-order valence-electron chi connectivity index (χ4n) is 2.97. The predicted molar refractivity (Wildman–Crippen MR) is 114 cm³/mol. The topological polar surface area (TPSA) is 56.6 Å². The Bertz CT molecular complexity index is 856. The fourth-order valence-corrected chi connectivity index (χ4v) is 3.84. The summed E-state index contributed by atoms with van der Waals surface area (Å²) in [6.07, 6.45) is 1.84. The first-order valence-corrected chi connectivity index (χ1v) is 9.70. The van der Waals surface area contributed by atoms with Crippen LogP contribution in [0.4, 0.5) is 11.4 Å². The molecule has 0 saturated carbocycles. The van der Waals surface area contributed by atoms with Gasteiger partial charge in [-0.1, -0.05) is 12.1 Å². The molecule has 1 heterocycles. The molecular formula is C21H23N3O2S. The SMILES string of the molecule is CCN(CC)c1ccc(/C=C2\SC(=N)N(c3ccc(OC)cc3)C2=O)cc1. The molecule has 3 rings (SSSR count). The lowest BCUT2D eigenvalue weighted by molar-refractivity contribution is -0.113. The second kappa shape index (κ2) is 8.31. The van der Waals surface area contributed by atoms with Gasteiger partial charge in [-0.25, -0.2) is 0 Å². The average molecular weight is 382 g/mol. The van der Waals surface area contributed by atoms with Crippen molar-refractivity contribution in [3.05, 3.63) is 59.0 Å². The van der Waals surface area contributed by atoms with Crippen LogP contribution in [0.5, 0.6) is 5.75 Å². The second-order valence-corrected chi connectivity index (χ2v) is 7.05. The van der Waals surface area contributed by atoms with E-state index >= 15 is 0 Å². The average Bonchev–Trinajstić information content (AvgIpc) is 2.97. The molecule has 0 unspecified atom stereocenters. The number of benzene rings is 2. The highest BCUT2D eigenvalue weighted by atomic mass is 32.2. The minimum atomic E-state index is -0.178. The van der Waals surface area contributed by atoms with Gasteiger partial charge in [-0.3, -0.25) is 15.1 Å². The summed E-state index contributed by atoms with van der Waals surface area (Å²) in [6, 6.07) is 15.3. The minimum Gasteiger partial charge on any atom is -0.497 e. The van der Waals surface area contributed by atoms with Gasteiger partial charge in [-0.15, -0.1) is 0 Å². The Morgan fingerprint density at radius 3 is 2.26 bits per heavy atom. The van der Waals surface area contributed by atoms with Crippen molar-refractivity contribution in [2.45, 2.75) is 13.8 Å². The molecule has 1 amide bonds. The number of carbonyl (C=O) groups excluding carboxylic acids is 1. The molecule has 2 aromatic carbocycles. The van der Waals surface area contributed by atoms with E-state index in [9.17, 15) is 4.79 Å². The number of nitrogens with zero attached hydrogens (tertiary/aromatic N) is 2. The van der Waals surface area contributed by atoms with Crippen LogP contribution in [0.3, 0.4) is 0 Å². The Morgan fingerprint density at radius 1 is 1.07 bits per heavy atom. The van der Waals surface area contributed by atoms with Crippen LogP contribution in [-0.4, -0.2) is 31.3 Å². The Balaban J connectivity index is 1.81. The van der Waals surface area contributed by atoms with Gasteiger partial charge in [0.2, 0.25) is 0 Å². The van der Waals surface area contributed by atoms with E-state index in [1.54, 1.807) is 31.4 Å². The number of ether oxygens (including phenoxy) is 1. The third kappa shape index (κ3) is 4.01. The molecule has 1 aliphatic rings. The largest absolute Gasteiger partial charge is 0.497 e. The van der Waals surface area contributed by atoms with Crippen molar-refractivity contribution in [3.8, 4) is 5.75 Å². The third-order valence-corrected chi connectivity index (χ3v) is 5.36. The van der Waals surface area contributed by atoms with Gasteiger partial charge in [-0.05, 0) is 73.6 Å². The number of amides is 1. The van der Waals surface area contributed by atoms with Crippen LogP contribution in [0, 0.1) is 5.41 Å². The molecule has 2 aromatic rings. The zero-order chi connectivity index (χ0) is 19.4. The van der Waals surface area contributed by atoms with Gasteiger partial charge in [0.15, 0.2) is 5.17 Å². The Morgan fingerprint density at radius 2 is 1.70 bits per heavy atom. The highest BCUT2D eigenvalue weighted by Crippen LogP contribution is 2.35. The molecule has 0 bridgehead atoms. The molecule has 1 N–H and O–H groups in total. The Hall–Kier alpha value is -2.73. The molecule has 1 saturated heterocycles. The first kappa shape index (κ1) is 19.0. The summed E-state index contributed by atoms with van der Waals surface area (Å²) in [5.41, 5.74) is 2.78. The number of thioether (sulfide) groups is 1.